The van der Waals surface area contributed by atoms with E-state index in [4.69, 9.17) is 5.26 Å². The second-order valence-corrected chi connectivity index (χ2v) is 6.34. The van der Waals surface area contributed by atoms with Crippen molar-refractivity contribution >= 4 is 11.6 Å². The van der Waals surface area contributed by atoms with Gasteiger partial charge in [-0.2, -0.15) is 5.26 Å². The van der Waals surface area contributed by atoms with Crippen LogP contribution in [0.2, 0.25) is 0 Å². The van der Waals surface area contributed by atoms with Crippen LogP contribution < -0.4 is 10.2 Å². The summed E-state index contributed by atoms with van der Waals surface area (Å²) in [5.74, 6) is 0.771. The first-order valence-electron chi connectivity index (χ1n) is 8.29. The molecule has 22 heavy (non-hydrogen) atoms. The molecule has 0 spiro atoms. The highest BCUT2D eigenvalue weighted by atomic mass is 16.2. The number of nitrogens with zero attached hydrogens (tertiary/aromatic N) is 2. The summed E-state index contributed by atoms with van der Waals surface area (Å²) in [5, 5.41) is 12.4. The zero-order chi connectivity index (χ0) is 15.4. The van der Waals surface area contributed by atoms with Crippen molar-refractivity contribution in [2.75, 3.05) is 11.4 Å². The molecule has 2 aliphatic rings. The molecule has 4 nitrogen and oxygen atoms in total. The lowest BCUT2D eigenvalue weighted by Crippen LogP contribution is -2.46. The standard InChI is InChI=1S/C18H23N3O/c19-11-6-12-21(15-8-2-1-3-9-15)18(22)17-13-14-7-4-5-10-16(14)20-17/h1-3,8-9,14,16-17,20H,4-7,10,12-13H2. The van der Waals surface area contributed by atoms with E-state index in [2.05, 4.69) is 11.4 Å². The first kappa shape index (κ1) is 15.1. The molecule has 0 bridgehead atoms. The van der Waals surface area contributed by atoms with Crippen molar-refractivity contribution in [1.29, 1.82) is 5.26 Å². The fourth-order valence-corrected chi connectivity index (χ4v) is 3.83. The molecule has 0 radical (unpaired) electrons. The molecule has 1 saturated carbocycles. The monoisotopic (exact) mass is 297 g/mol. The number of fused-ring (bicyclic) bond motifs is 1. The van der Waals surface area contributed by atoms with Crippen LogP contribution in [-0.4, -0.2) is 24.5 Å². The summed E-state index contributed by atoms with van der Waals surface area (Å²) in [7, 11) is 0. The predicted octanol–water partition coefficient (Wildman–Crippen LogP) is 2.85. The minimum Gasteiger partial charge on any atom is -0.310 e. The average Bonchev–Trinajstić information content (AvgIpc) is 3.00. The summed E-state index contributed by atoms with van der Waals surface area (Å²) in [6.07, 6.45) is 6.30. The summed E-state index contributed by atoms with van der Waals surface area (Å²) >= 11 is 0. The molecule has 3 rings (SSSR count). The van der Waals surface area contributed by atoms with Gasteiger partial charge >= 0.3 is 0 Å². The van der Waals surface area contributed by atoms with Crippen molar-refractivity contribution in [2.45, 2.75) is 50.6 Å². The van der Waals surface area contributed by atoms with Crippen LogP contribution in [0.3, 0.4) is 0 Å². The maximum atomic E-state index is 12.9. The van der Waals surface area contributed by atoms with Crippen LogP contribution in [0.4, 0.5) is 5.69 Å². The van der Waals surface area contributed by atoms with Crippen LogP contribution in [0, 0.1) is 17.2 Å². The molecule has 1 aliphatic carbocycles. The predicted molar refractivity (Wildman–Crippen MR) is 86.3 cm³/mol. The van der Waals surface area contributed by atoms with Crippen molar-refractivity contribution in [3.05, 3.63) is 30.3 Å². The zero-order valence-corrected chi connectivity index (χ0v) is 12.9. The van der Waals surface area contributed by atoms with Crippen molar-refractivity contribution in [2.24, 2.45) is 5.92 Å². The number of amides is 1. The van der Waals surface area contributed by atoms with E-state index in [-0.39, 0.29) is 11.9 Å². The van der Waals surface area contributed by atoms with Gasteiger partial charge in [0, 0.05) is 18.3 Å². The van der Waals surface area contributed by atoms with E-state index in [1.807, 2.05) is 30.3 Å². The Morgan fingerprint density at radius 3 is 2.77 bits per heavy atom. The lowest BCUT2D eigenvalue weighted by atomic mass is 9.85. The van der Waals surface area contributed by atoms with Gasteiger partial charge < -0.3 is 10.2 Å². The molecule has 1 aliphatic heterocycles. The fraction of sp³-hybridized carbons (Fsp3) is 0.556. The third-order valence-electron chi connectivity index (χ3n) is 4.94. The van der Waals surface area contributed by atoms with Gasteiger partial charge in [-0.05, 0) is 37.3 Å². The minimum absolute atomic E-state index is 0.0907. The molecule has 1 aromatic carbocycles. The van der Waals surface area contributed by atoms with Gasteiger partial charge in [0.05, 0.1) is 18.5 Å². The van der Waals surface area contributed by atoms with Gasteiger partial charge in [-0.1, -0.05) is 31.0 Å². The minimum atomic E-state index is -0.0907. The van der Waals surface area contributed by atoms with Crippen molar-refractivity contribution in [1.82, 2.24) is 5.32 Å². The summed E-state index contributed by atoms with van der Waals surface area (Å²) < 4.78 is 0. The highest BCUT2D eigenvalue weighted by Crippen LogP contribution is 2.34. The summed E-state index contributed by atoms with van der Waals surface area (Å²) in [6.45, 7) is 0.465. The van der Waals surface area contributed by atoms with E-state index in [1.165, 1.54) is 25.7 Å². The Labute approximate surface area is 132 Å². The Balaban J connectivity index is 1.73. The third-order valence-corrected chi connectivity index (χ3v) is 4.94. The van der Waals surface area contributed by atoms with Gasteiger partial charge in [-0.25, -0.2) is 0 Å². The molecular formula is C18H23N3O. The number of hydrogen-bond acceptors (Lipinski definition) is 3. The fourth-order valence-electron chi connectivity index (χ4n) is 3.83. The smallest absolute Gasteiger partial charge is 0.244 e. The SMILES string of the molecule is N#CCCN(C(=O)C1CC2CCCCC2N1)c1ccccc1. The van der Waals surface area contributed by atoms with Crippen LogP contribution in [0.15, 0.2) is 30.3 Å². The highest BCUT2D eigenvalue weighted by molar-refractivity contribution is 5.97. The van der Waals surface area contributed by atoms with Crippen molar-refractivity contribution in [3.63, 3.8) is 0 Å². The average molecular weight is 297 g/mol. The Morgan fingerprint density at radius 1 is 1.27 bits per heavy atom. The summed E-state index contributed by atoms with van der Waals surface area (Å²) in [4.78, 5) is 14.7. The molecule has 1 heterocycles. The molecule has 0 aromatic heterocycles. The molecule has 3 unspecified atom stereocenters. The molecule has 1 amide bonds. The van der Waals surface area contributed by atoms with Gasteiger partial charge in [0.25, 0.3) is 0 Å². The Morgan fingerprint density at radius 2 is 2.05 bits per heavy atom. The molecule has 1 saturated heterocycles. The Kier molecular flexibility index (Phi) is 4.74. The first-order chi connectivity index (χ1) is 10.8. The summed E-state index contributed by atoms with van der Waals surface area (Å²) in [6, 6.07) is 12.3. The van der Waals surface area contributed by atoms with Crippen molar-refractivity contribution in [3.8, 4) is 6.07 Å². The lowest BCUT2D eigenvalue weighted by Gasteiger charge is -2.26. The number of nitriles is 1. The number of nitrogens with one attached hydrogen (secondary N) is 1. The third kappa shape index (κ3) is 3.15. The molecule has 2 fully saturated rings. The van der Waals surface area contributed by atoms with E-state index in [1.54, 1.807) is 4.90 Å². The van der Waals surface area contributed by atoms with Gasteiger partial charge in [0.1, 0.15) is 0 Å². The maximum Gasteiger partial charge on any atom is 0.244 e. The van der Waals surface area contributed by atoms with Gasteiger partial charge in [0.2, 0.25) is 5.91 Å². The van der Waals surface area contributed by atoms with Crippen molar-refractivity contribution < 1.29 is 4.79 Å². The molecule has 4 heteroatoms. The number of rotatable bonds is 4. The normalized spacial score (nSPS) is 27.0. The number of hydrogen-bond donors (Lipinski definition) is 1. The number of benzene rings is 1. The molecule has 1 N–H and O–H groups in total. The van der Waals surface area contributed by atoms with Gasteiger partial charge in [0.15, 0.2) is 0 Å². The van der Waals surface area contributed by atoms with E-state index >= 15 is 0 Å². The first-order valence-corrected chi connectivity index (χ1v) is 8.29. The Hall–Kier alpha value is -1.86. The number of carbonyl (C=O) groups is 1. The quantitative estimate of drug-likeness (QED) is 0.929. The van der Waals surface area contributed by atoms with E-state index in [0.29, 0.717) is 24.9 Å². The molecule has 3 atom stereocenters. The number of para-hydroxylation sites is 1. The topological polar surface area (TPSA) is 56.1 Å². The van der Waals surface area contributed by atoms with Crippen LogP contribution in [0.25, 0.3) is 0 Å². The van der Waals surface area contributed by atoms with Gasteiger partial charge in [-0.15, -0.1) is 0 Å². The highest BCUT2D eigenvalue weighted by Gasteiger charge is 2.39. The van der Waals surface area contributed by atoms with Crippen LogP contribution in [0.1, 0.15) is 38.5 Å². The molecular weight excluding hydrogens is 274 g/mol. The van der Waals surface area contributed by atoms with E-state index in [9.17, 15) is 4.79 Å². The Bertz CT molecular complexity index is 537. The van der Waals surface area contributed by atoms with Crippen LogP contribution in [-0.2, 0) is 4.79 Å². The zero-order valence-electron chi connectivity index (χ0n) is 12.9. The molecule has 116 valence electrons. The lowest BCUT2D eigenvalue weighted by molar-refractivity contribution is -0.120. The van der Waals surface area contributed by atoms with E-state index < -0.39 is 0 Å². The second-order valence-electron chi connectivity index (χ2n) is 6.34. The van der Waals surface area contributed by atoms with Gasteiger partial charge in [-0.3, -0.25) is 4.79 Å². The molecule has 1 aromatic rings. The van der Waals surface area contributed by atoms with Crippen LogP contribution >= 0.6 is 0 Å². The maximum absolute atomic E-state index is 12.9. The van der Waals surface area contributed by atoms with E-state index in [0.717, 1.165) is 12.1 Å². The second kappa shape index (κ2) is 6.93. The summed E-state index contributed by atoms with van der Waals surface area (Å²) in [5.41, 5.74) is 0.888. The number of carbonyl (C=O) groups excluding carboxylic acids is 1. The number of anilines is 1. The van der Waals surface area contributed by atoms with Crippen LogP contribution in [0.5, 0.6) is 0 Å². The largest absolute Gasteiger partial charge is 0.310 e.